The van der Waals surface area contributed by atoms with Gasteiger partial charge in [-0.25, -0.2) is 0 Å². The lowest BCUT2D eigenvalue weighted by molar-refractivity contribution is -0.137. The standard InChI is InChI=1S/C17H23NO3/c19-16(20)10-13-11-18(15-7-3-2-6-14(13)15)12-17(21)8-4-1-5-9-17/h2-3,6-7,13,21H,1,4-5,8-12H2,(H,19,20). The van der Waals surface area contributed by atoms with Crippen LogP contribution in [0.1, 0.15) is 50.0 Å². The number of aliphatic hydroxyl groups is 1. The third-order valence-corrected chi connectivity index (χ3v) is 4.85. The zero-order valence-electron chi connectivity index (χ0n) is 12.3. The van der Waals surface area contributed by atoms with Crippen LogP contribution in [0.2, 0.25) is 0 Å². The van der Waals surface area contributed by atoms with E-state index in [1.54, 1.807) is 0 Å². The van der Waals surface area contributed by atoms with Crippen LogP contribution in [0.3, 0.4) is 0 Å². The zero-order valence-corrected chi connectivity index (χ0v) is 12.3. The summed E-state index contributed by atoms with van der Waals surface area (Å²) in [5.41, 5.74) is 1.60. The topological polar surface area (TPSA) is 60.8 Å². The molecule has 1 saturated carbocycles. The first kappa shape index (κ1) is 14.4. The number of anilines is 1. The van der Waals surface area contributed by atoms with Gasteiger partial charge < -0.3 is 15.1 Å². The second-order valence-electron chi connectivity index (χ2n) is 6.52. The summed E-state index contributed by atoms with van der Waals surface area (Å²) in [6, 6.07) is 8.02. The Morgan fingerprint density at radius 2 is 1.95 bits per heavy atom. The van der Waals surface area contributed by atoms with Crippen LogP contribution in [0, 0.1) is 0 Å². The van der Waals surface area contributed by atoms with E-state index >= 15 is 0 Å². The minimum Gasteiger partial charge on any atom is -0.481 e. The fourth-order valence-electron chi connectivity index (χ4n) is 3.84. The summed E-state index contributed by atoms with van der Waals surface area (Å²) in [7, 11) is 0. The number of nitrogens with zero attached hydrogens (tertiary/aromatic N) is 1. The van der Waals surface area contributed by atoms with Gasteiger partial charge in [-0.2, -0.15) is 0 Å². The van der Waals surface area contributed by atoms with Crippen molar-refractivity contribution in [1.82, 2.24) is 0 Å². The Hall–Kier alpha value is -1.55. The van der Waals surface area contributed by atoms with Gasteiger partial charge in [0, 0.05) is 24.7 Å². The molecule has 2 N–H and O–H groups in total. The van der Waals surface area contributed by atoms with E-state index < -0.39 is 11.6 Å². The largest absolute Gasteiger partial charge is 0.481 e. The smallest absolute Gasteiger partial charge is 0.304 e. The number of aliphatic carboxylic acids is 1. The van der Waals surface area contributed by atoms with Gasteiger partial charge in [0.1, 0.15) is 0 Å². The highest BCUT2D eigenvalue weighted by atomic mass is 16.4. The molecular weight excluding hydrogens is 266 g/mol. The molecule has 4 heteroatoms. The van der Waals surface area contributed by atoms with Crippen LogP contribution >= 0.6 is 0 Å². The lowest BCUT2D eigenvalue weighted by Gasteiger charge is -2.36. The maximum atomic E-state index is 11.1. The first-order valence-corrected chi connectivity index (χ1v) is 7.85. The van der Waals surface area contributed by atoms with E-state index in [2.05, 4.69) is 4.90 Å². The van der Waals surface area contributed by atoms with Crippen molar-refractivity contribution in [3.8, 4) is 0 Å². The summed E-state index contributed by atoms with van der Waals surface area (Å²) < 4.78 is 0. The number of benzene rings is 1. The molecule has 114 valence electrons. The van der Waals surface area contributed by atoms with Gasteiger partial charge in [0.15, 0.2) is 0 Å². The molecule has 1 heterocycles. The number of para-hydroxylation sites is 1. The Kier molecular flexibility index (Phi) is 3.89. The molecular formula is C17H23NO3. The fraction of sp³-hybridized carbons (Fsp3) is 0.588. The van der Waals surface area contributed by atoms with E-state index in [9.17, 15) is 9.90 Å². The van der Waals surface area contributed by atoms with E-state index in [-0.39, 0.29) is 12.3 Å². The SMILES string of the molecule is O=C(O)CC1CN(CC2(O)CCCCC2)c2ccccc21. The Bertz CT molecular complexity index is 523. The quantitative estimate of drug-likeness (QED) is 0.894. The van der Waals surface area contributed by atoms with Crippen LogP contribution in [0.5, 0.6) is 0 Å². The second kappa shape index (κ2) is 5.68. The molecule has 1 aromatic rings. The Morgan fingerprint density at radius 3 is 2.67 bits per heavy atom. The maximum Gasteiger partial charge on any atom is 0.304 e. The van der Waals surface area contributed by atoms with Gasteiger partial charge in [0.25, 0.3) is 0 Å². The molecule has 1 unspecified atom stereocenters. The molecule has 1 aliphatic heterocycles. The van der Waals surface area contributed by atoms with Crippen LogP contribution in [0.15, 0.2) is 24.3 Å². The summed E-state index contributed by atoms with van der Waals surface area (Å²) in [6.45, 7) is 1.33. The van der Waals surface area contributed by atoms with Crippen LogP contribution in [-0.2, 0) is 4.79 Å². The molecule has 0 aromatic heterocycles. The summed E-state index contributed by atoms with van der Waals surface area (Å²) in [5.74, 6) is -0.723. The van der Waals surface area contributed by atoms with E-state index in [0.29, 0.717) is 13.1 Å². The average molecular weight is 289 g/mol. The van der Waals surface area contributed by atoms with Crippen molar-refractivity contribution in [3.63, 3.8) is 0 Å². The monoisotopic (exact) mass is 289 g/mol. The molecule has 0 saturated heterocycles. The number of β-amino-alcohol motifs (C(OH)–C–C–N with tert-alkyl or cyclic N) is 1. The number of carbonyl (C=O) groups is 1. The lowest BCUT2D eigenvalue weighted by Crippen LogP contribution is -2.44. The highest BCUT2D eigenvalue weighted by molar-refractivity contribution is 5.71. The molecule has 0 spiro atoms. The van der Waals surface area contributed by atoms with Crippen LogP contribution in [-0.4, -0.2) is 34.9 Å². The average Bonchev–Trinajstić information content (AvgIpc) is 2.77. The van der Waals surface area contributed by atoms with Gasteiger partial charge in [-0.15, -0.1) is 0 Å². The Balaban J connectivity index is 1.79. The molecule has 4 nitrogen and oxygen atoms in total. The predicted octanol–water partition coefficient (Wildman–Crippen LogP) is 2.76. The number of carboxylic acids is 1. The molecule has 1 atom stereocenters. The Labute approximate surface area is 125 Å². The van der Waals surface area contributed by atoms with Crippen molar-refractivity contribution in [2.24, 2.45) is 0 Å². The number of fused-ring (bicyclic) bond motifs is 1. The maximum absolute atomic E-state index is 11.1. The first-order chi connectivity index (χ1) is 10.1. The minimum absolute atomic E-state index is 0.0332. The number of carboxylic acid groups (broad SMARTS) is 1. The number of rotatable bonds is 4. The summed E-state index contributed by atoms with van der Waals surface area (Å²) in [4.78, 5) is 13.2. The Morgan fingerprint density at radius 1 is 1.24 bits per heavy atom. The van der Waals surface area contributed by atoms with Crippen molar-refractivity contribution in [2.45, 2.75) is 50.0 Å². The number of hydrogen-bond donors (Lipinski definition) is 2. The van der Waals surface area contributed by atoms with Crippen molar-refractivity contribution in [3.05, 3.63) is 29.8 Å². The van der Waals surface area contributed by atoms with E-state index in [4.69, 9.17) is 5.11 Å². The molecule has 1 fully saturated rings. The molecule has 0 radical (unpaired) electrons. The van der Waals surface area contributed by atoms with Gasteiger partial charge >= 0.3 is 5.97 Å². The van der Waals surface area contributed by atoms with Crippen LogP contribution in [0.4, 0.5) is 5.69 Å². The van der Waals surface area contributed by atoms with E-state index in [0.717, 1.165) is 36.9 Å². The fourth-order valence-corrected chi connectivity index (χ4v) is 3.84. The predicted molar refractivity (Wildman–Crippen MR) is 81.7 cm³/mol. The summed E-state index contributed by atoms with van der Waals surface area (Å²) in [5, 5.41) is 19.9. The molecule has 3 rings (SSSR count). The number of hydrogen-bond acceptors (Lipinski definition) is 3. The van der Waals surface area contributed by atoms with Gasteiger partial charge in [0.2, 0.25) is 0 Å². The van der Waals surface area contributed by atoms with E-state index in [1.165, 1.54) is 6.42 Å². The molecule has 1 aromatic carbocycles. The van der Waals surface area contributed by atoms with Crippen molar-refractivity contribution < 1.29 is 15.0 Å². The molecule has 1 aliphatic carbocycles. The third kappa shape index (κ3) is 3.05. The van der Waals surface area contributed by atoms with Gasteiger partial charge in [-0.3, -0.25) is 4.79 Å². The summed E-state index contributed by atoms with van der Waals surface area (Å²) in [6.07, 6.45) is 5.26. The lowest BCUT2D eigenvalue weighted by atomic mass is 9.84. The normalized spacial score (nSPS) is 23.9. The van der Waals surface area contributed by atoms with Crippen LogP contribution < -0.4 is 4.90 Å². The molecule has 0 bridgehead atoms. The minimum atomic E-state index is -0.756. The highest BCUT2D eigenvalue weighted by Crippen LogP contribution is 2.40. The van der Waals surface area contributed by atoms with Crippen molar-refractivity contribution >= 4 is 11.7 Å². The second-order valence-corrected chi connectivity index (χ2v) is 6.52. The molecule has 0 amide bonds. The van der Waals surface area contributed by atoms with Crippen molar-refractivity contribution in [1.29, 1.82) is 0 Å². The third-order valence-electron chi connectivity index (χ3n) is 4.85. The van der Waals surface area contributed by atoms with Gasteiger partial charge in [0.05, 0.1) is 12.0 Å². The first-order valence-electron chi connectivity index (χ1n) is 7.85. The molecule has 2 aliphatic rings. The van der Waals surface area contributed by atoms with E-state index in [1.807, 2.05) is 24.3 Å². The van der Waals surface area contributed by atoms with Crippen molar-refractivity contribution in [2.75, 3.05) is 18.0 Å². The van der Waals surface area contributed by atoms with Gasteiger partial charge in [-0.1, -0.05) is 37.5 Å². The molecule has 21 heavy (non-hydrogen) atoms. The van der Waals surface area contributed by atoms with Gasteiger partial charge in [-0.05, 0) is 24.5 Å². The van der Waals surface area contributed by atoms with Crippen LogP contribution in [0.25, 0.3) is 0 Å². The zero-order chi connectivity index (χ0) is 14.9. The highest BCUT2D eigenvalue weighted by Gasteiger charge is 2.36. The summed E-state index contributed by atoms with van der Waals surface area (Å²) >= 11 is 0.